The first-order valence-corrected chi connectivity index (χ1v) is 6.67. The Kier molecular flexibility index (Phi) is 4.43. The molecule has 1 atom stereocenters. The highest BCUT2D eigenvalue weighted by molar-refractivity contribution is 6.31. The van der Waals surface area contributed by atoms with Crippen molar-refractivity contribution in [2.45, 2.75) is 38.3 Å². The van der Waals surface area contributed by atoms with E-state index < -0.39 is 12.1 Å². The number of amides is 1. The largest absolute Gasteiger partial charge is 0.452 e. The number of carbonyl (C=O) groups excluding carboxylic acids is 2. The van der Waals surface area contributed by atoms with Crippen molar-refractivity contribution in [2.75, 3.05) is 0 Å². The van der Waals surface area contributed by atoms with Crippen LogP contribution in [0.1, 0.15) is 25.3 Å². The van der Waals surface area contributed by atoms with Crippen LogP contribution >= 0.6 is 11.6 Å². The molecule has 4 nitrogen and oxygen atoms in total. The minimum absolute atomic E-state index is 0.0702. The van der Waals surface area contributed by atoms with Crippen LogP contribution in [0.3, 0.4) is 0 Å². The highest BCUT2D eigenvalue weighted by atomic mass is 35.5. The molecule has 1 fully saturated rings. The Morgan fingerprint density at radius 3 is 2.74 bits per heavy atom. The van der Waals surface area contributed by atoms with Crippen molar-refractivity contribution >= 4 is 23.5 Å². The van der Waals surface area contributed by atoms with Crippen molar-refractivity contribution in [3.05, 3.63) is 34.9 Å². The molecule has 1 aromatic carbocycles. The summed E-state index contributed by atoms with van der Waals surface area (Å²) >= 11 is 5.96. The van der Waals surface area contributed by atoms with Gasteiger partial charge in [-0.05, 0) is 31.4 Å². The van der Waals surface area contributed by atoms with Crippen molar-refractivity contribution in [3.63, 3.8) is 0 Å². The van der Waals surface area contributed by atoms with Gasteiger partial charge in [-0.1, -0.05) is 29.8 Å². The predicted octanol–water partition coefficient (Wildman–Crippen LogP) is 2.09. The Hall–Kier alpha value is -1.55. The van der Waals surface area contributed by atoms with Crippen molar-refractivity contribution < 1.29 is 14.3 Å². The number of hydrogen-bond acceptors (Lipinski definition) is 3. The average molecular weight is 282 g/mol. The number of rotatable bonds is 5. The third kappa shape index (κ3) is 4.24. The Bertz CT molecular complexity index is 485. The Morgan fingerprint density at radius 2 is 2.11 bits per heavy atom. The van der Waals surface area contributed by atoms with Crippen LogP contribution in [0, 0.1) is 0 Å². The second kappa shape index (κ2) is 6.06. The third-order valence-corrected chi connectivity index (χ3v) is 3.26. The number of halogens is 1. The first-order chi connectivity index (χ1) is 9.06. The fourth-order valence-corrected chi connectivity index (χ4v) is 1.84. The van der Waals surface area contributed by atoms with Gasteiger partial charge in [0, 0.05) is 11.1 Å². The summed E-state index contributed by atoms with van der Waals surface area (Å²) in [6.45, 7) is 1.57. The van der Waals surface area contributed by atoms with Crippen LogP contribution in [0.2, 0.25) is 5.02 Å². The molecule has 1 amide bonds. The maximum atomic E-state index is 11.7. The highest BCUT2D eigenvalue weighted by Gasteiger charge is 2.27. The van der Waals surface area contributed by atoms with Crippen molar-refractivity contribution in [3.8, 4) is 0 Å². The lowest BCUT2D eigenvalue weighted by Gasteiger charge is -2.13. The number of nitrogens with one attached hydrogen (secondary N) is 1. The van der Waals surface area contributed by atoms with Gasteiger partial charge in [0.1, 0.15) is 0 Å². The van der Waals surface area contributed by atoms with Crippen molar-refractivity contribution in [1.82, 2.24) is 5.32 Å². The van der Waals surface area contributed by atoms with E-state index in [4.69, 9.17) is 16.3 Å². The number of benzene rings is 1. The van der Waals surface area contributed by atoms with Crippen LogP contribution in [-0.2, 0) is 20.7 Å². The molecule has 1 unspecified atom stereocenters. The fourth-order valence-electron chi connectivity index (χ4n) is 1.64. The zero-order valence-electron chi connectivity index (χ0n) is 10.7. The number of ether oxygens (including phenoxy) is 1. The molecule has 1 aliphatic carbocycles. The molecule has 0 bridgehead atoms. The van der Waals surface area contributed by atoms with Gasteiger partial charge < -0.3 is 10.1 Å². The van der Waals surface area contributed by atoms with E-state index >= 15 is 0 Å². The van der Waals surface area contributed by atoms with E-state index in [1.165, 1.54) is 0 Å². The molecular weight excluding hydrogens is 266 g/mol. The molecule has 1 aromatic rings. The minimum atomic E-state index is -0.768. The van der Waals surface area contributed by atoms with E-state index in [2.05, 4.69) is 5.32 Å². The van der Waals surface area contributed by atoms with E-state index in [-0.39, 0.29) is 18.4 Å². The first kappa shape index (κ1) is 13.9. The maximum Gasteiger partial charge on any atom is 0.311 e. The topological polar surface area (TPSA) is 55.4 Å². The van der Waals surface area contributed by atoms with Gasteiger partial charge in [-0.25, -0.2) is 0 Å². The molecule has 0 aromatic heterocycles. The molecule has 102 valence electrons. The summed E-state index contributed by atoms with van der Waals surface area (Å²) in [5, 5.41) is 3.31. The first-order valence-electron chi connectivity index (χ1n) is 6.29. The summed E-state index contributed by atoms with van der Waals surface area (Å²) < 4.78 is 5.09. The second-order valence-corrected chi connectivity index (χ2v) is 5.09. The highest BCUT2D eigenvalue weighted by Crippen LogP contribution is 2.19. The van der Waals surface area contributed by atoms with Crippen LogP contribution in [0.25, 0.3) is 0 Å². The standard InChI is InChI=1S/C14H16ClNO3/c1-9(14(18)16-11-6-7-11)19-13(17)8-10-4-2-3-5-12(10)15/h2-5,9,11H,6-8H2,1H3,(H,16,18). The number of carbonyl (C=O) groups is 2. The second-order valence-electron chi connectivity index (χ2n) is 4.68. The van der Waals surface area contributed by atoms with Gasteiger partial charge in [-0.15, -0.1) is 0 Å². The van der Waals surface area contributed by atoms with Crippen LogP contribution in [0.15, 0.2) is 24.3 Å². The zero-order valence-corrected chi connectivity index (χ0v) is 11.4. The van der Waals surface area contributed by atoms with Gasteiger partial charge in [0.15, 0.2) is 6.10 Å². The molecule has 0 spiro atoms. The number of esters is 1. The smallest absolute Gasteiger partial charge is 0.311 e. The Labute approximate surface area is 117 Å². The maximum absolute atomic E-state index is 11.7. The quantitative estimate of drug-likeness (QED) is 0.841. The van der Waals surface area contributed by atoms with E-state index in [0.29, 0.717) is 10.6 Å². The van der Waals surface area contributed by atoms with E-state index in [1.807, 2.05) is 0 Å². The summed E-state index contributed by atoms with van der Waals surface area (Å²) in [6.07, 6.45) is 1.31. The number of hydrogen-bond donors (Lipinski definition) is 1. The van der Waals surface area contributed by atoms with Crippen molar-refractivity contribution in [2.24, 2.45) is 0 Å². The van der Waals surface area contributed by atoms with Crippen LogP contribution in [0.5, 0.6) is 0 Å². The van der Waals surface area contributed by atoms with Gasteiger partial charge >= 0.3 is 5.97 Å². The van der Waals surface area contributed by atoms with E-state index in [0.717, 1.165) is 12.8 Å². The lowest BCUT2D eigenvalue weighted by Crippen LogP contribution is -2.37. The molecule has 0 heterocycles. The molecule has 0 aliphatic heterocycles. The van der Waals surface area contributed by atoms with Gasteiger partial charge in [0.25, 0.3) is 5.91 Å². The normalized spacial score (nSPS) is 15.7. The van der Waals surface area contributed by atoms with Crippen molar-refractivity contribution in [1.29, 1.82) is 0 Å². The molecule has 1 saturated carbocycles. The fraction of sp³-hybridized carbons (Fsp3) is 0.429. The van der Waals surface area contributed by atoms with Gasteiger partial charge in [-0.2, -0.15) is 0 Å². The summed E-state index contributed by atoms with van der Waals surface area (Å²) in [7, 11) is 0. The summed E-state index contributed by atoms with van der Waals surface area (Å²) in [5.74, 6) is -0.693. The molecule has 19 heavy (non-hydrogen) atoms. The summed E-state index contributed by atoms with van der Waals surface area (Å²) in [5.41, 5.74) is 0.698. The van der Waals surface area contributed by atoms with Gasteiger partial charge in [-0.3, -0.25) is 9.59 Å². The molecule has 2 rings (SSSR count). The van der Waals surface area contributed by atoms with Crippen LogP contribution in [0.4, 0.5) is 0 Å². The molecule has 0 saturated heterocycles. The lowest BCUT2D eigenvalue weighted by molar-refractivity contribution is -0.154. The van der Waals surface area contributed by atoms with Gasteiger partial charge in [0.05, 0.1) is 6.42 Å². The molecular formula is C14H16ClNO3. The SMILES string of the molecule is CC(OC(=O)Cc1ccccc1Cl)C(=O)NC1CC1. The monoisotopic (exact) mass is 281 g/mol. The van der Waals surface area contributed by atoms with Gasteiger partial charge in [0.2, 0.25) is 0 Å². The Morgan fingerprint density at radius 1 is 1.42 bits per heavy atom. The Balaban J connectivity index is 1.83. The predicted molar refractivity (Wildman–Crippen MR) is 71.9 cm³/mol. The summed E-state index contributed by atoms with van der Waals surface area (Å²) in [4.78, 5) is 23.4. The molecule has 5 heteroatoms. The molecule has 1 N–H and O–H groups in total. The average Bonchev–Trinajstić information content (AvgIpc) is 3.16. The van der Waals surface area contributed by atoms with E-state index in [1.54, 1.807) is 31.2 Å². The van der Waals surface area contributed by atoms with Crippen LogP contribution in [-0.4, -0.2) is 24.0 Å². The minimum Gasteiger partial charge on any atom is -0.452 e. The summed E-state index contributed by atoms with van der Waals surface area (Å²) in [6, 6.07) is 7.34. The van der Waals surface area contributed by atoms with E-state index in [9.17, 15) is 9.59 Å². The zero-order chi connectivity index (χ0) is 13.8. The third-order valence-electron chi connectivity index (χ3n) is 2.89. The molecule has 1 aliphatic rings. The molecule has 0 radical (unpaired) electrons. The lowest BCUT2D eigenvalue weighted by atomic mass is 10.1. The van der Waals surface area contributed by atoms with Crippen LogP contribution < -0.4 is 5.32 Å².